The highest BCUT2D eigenvalue weighted by molar-refractivity contribution is 14.1. The number of aryl methyl sites for hydroxylation is 1. The molecule has 0 aliphatic heterocycles. The molecule has 0 aliphatic carbocycles. The summed E-state index contributed by atoms with van der Waals surface area (Å²) < 4.78 is 32.0. The number of hydrogen-bond donors (Lipinski definition) is 0. The Kier molecular flexibility index (Phi) is 14.6. The van der Waals surface area contributed by atoms with Crippen molar-refractivity contribution in [2.24, 2.45) is 0 Å². The van der Waals surface area contributed by atoms with Crippen molar-refractivity contribution in [3.05, 3.63) is 64.3 Å². The van der Waals surface area contributed by atoms with Crippen molar-refractivity contribution < 1.29 is 16.3 Å². The van der Waals surface area contributed by atoms with E-state index in [1.54, 1.807) is 58.9 Å². The van der Waals surface area contributed by atoms with Crippen molar-refractivity contribution in [1.82, 2.24) is 2.52 Å². The van der Waals surface area contributed by atoms with Gasteiger partial charge in [-0.3, -0.25) is 4.79 Å². The zero-order valence-corrected chi connectivity index (χ0v) is 26.0. The van der Waals surface area contributed by atoms with Gasteiger partial charge in [-0.05, 0) is 70.9 Å². The Hall–Kier alpha value is -0.880. The Bertz CT molecular complexity index is 1010. The first-order valence-corrected chi connectivity index (χ1v) is 15.1. The number of allylic oxidation sites excluding steroid dienone is 5. The summed E-state index contributed by atoms with van der Waals surface area (Å²) in [6.07, 6.45) is 13.9. The number of amides is 1. The van der Waals surface area contributed by atoms with Crippen molar-refractivity contribution in [3.8, 4) is 5.75 Å². The van der Waals surface area contributed by atoms with Gasteiger partial charge in [0, 0.05) is 0 Å². The molecule has 0 aliphatic rings. The van der Waals surface area contributed by atoms with E-state index in [0.717, 1.165) is 45.7 Å². The van der Waals surface area contributed by atoms with Crippen LogP contribution in [0.25, 0.3) is 0 Å². The largest absolute Gasteiger partial charge is 0.427 e. The Morgan fingerprint density at radius 3 is 2.38 bits per heavy atom. The lowest BCUT2D eigenvalue weighted by Crippen LogP contribution is -2.30. The van der Waals surface area contributed by atoms with Crippen molar-refractivity contribution in [2.75, 3.05) is 5.75 Å². The maximum atomic E-state index is 13.5. The molecule has 0 unspecified atom stereocenters. The van der Waals surface area contributed by atoms with Crippen LogP contribution in [-0.2, 0) is 22.9 Å². The van der Waals surface area contributed by atoms with Crippen LogP contribution in [0.1, 0.15) is 88.2 Å². The number of unbranched alkanes of at least 4 members (excludes halogenated alkanes) is 2. The predicted molar refractivity (Wildman–Crippen MR) is 159 cm³/mol. The SMILES string of the molecule is C/C=C/CS(=O)(=O)N(I)C(=O)c1c(CCCCC)ccc(C/C=C(\C)CCC=C(C)C)c1OI. The number of carbonyl (C=O) groups is 1. The molecule has 1 rings (SSSR count). The summed E-state index contributed by atoms with van der Waals surface area (Å²) in [5, 5.41) is 0. The number of benzene rings is 1. The normalized spacial score (nSPS) is 12.1. The first kappa shape index (κ1) is 31.2. The summed E-state index contributed by atoms with van der Waals surface area (Å²) in [7, 11) is -3.78. The van der Waals surface area contributed by atoms with E-state index in [4.69, 9.17) is 3.07 Å². The Morgan fingerprint density at radius 1 is 1.12 bits per heavy atom. The summed E-state index contributed by atoms with van der Waals surface area (Å²) in [5.74, 6) is -0.331. The van der Waals surface area contributed by atoms with Gasteiger partial charge in [0.1, 0.15) is 5.75 Å². The van der Waals surface area contributed by atoms with Crippen LogP contribution in [0.15, 0.2) is 47.6 Å². The lowest BCUT2D eigenvalue weighted by atomic mass is 9.95. The van der Waals surface area contributed by atoms with Crippen LogP contribution in [0.3, 0.4) is 0 Å². The van der Waals surface area contributed by atoms with Gasteiger partial charge < -0.3 is 3.07 Å². The Labute approximate surface area is 234 Å². The van der Waals surface area contributed by atoms with Gasteiger partial charge in [0.2, 0.25) is 10.0 Å². The molecule has 1 aromatic carbocycles. The first-order valence-electron chi connectivity index (χ1n) is 11.7. The van der Waals surface area contributed by atoms with Crippen LogP contribution in [0, 0.1) is 0 Å². The molecule has 0 atom stereocenters. The van der Waals surface area contributed by atoms with E-state index >= 15 is 0 Å². The van der Waals surface area contributed by atoms with Crippen molar-refractivity contribution in [1.29, 1.82) is 0 Å². The third-order valence-corrected chi connectivity index (χ3v) is 9.32. The van der Waals surface area contributed by atoms with Crippen molar-refractivity contribution >= 4 is 61.8 Å². The van der Waals surface area contributed by atoms with Crippen LogP contribution in [-0.4, -0.2) is 22.6 Å². The smallest absolute Gasteiger partial charge is 0.280 e. The van der Waals surface area contributed by atoms with Gasteiger partial charge in [0.15, 0.2) is 23.0 Å². The molecule has 0 bridgehead atoms. The van der Waals surface area contributed by atoms with Gasteiger partial charge in [0.25, 0.3) is 5.91 Å². The van der Waals surface area contributed by atoms with Gasteiger partial charge in [-0.25, -0.2) is 8.42 Å². The van der Waals surface area contributed by atoms with Crippen molar-refractivity contribution in [3.63, 3.8) is 0 Å². The number of sulfonamides is 1. The van der Waals surface area contributed by atoms with Crippen LogP contribution in [0.4, 0.5) is 0 Å². The van der Waals surface area contributed by atoms with Gasteiger partial charge in [0.05, 0.1) is 34.2 Å². The number of rotatable bonds is 14. The molecular formula is C26H37I2NO4S. The standard InChI is InChI=1S/C26H37I2NO4S/c1-6-8-10-14-22-17-18-23(16-15-21(5)13-11-12-20(3)4)25(33-28)24(22)26(30)29(27)34(31,32)19-9-7-2/h7,9,12,15,17-18H,6,8,10-11,13-14,16,19H2,1-5H3/b9-7+,21-15+. The zero-order chi connectivity index (χ0) is 25.7. The highest BCUT2D eigenvalue weighted by Gasteiger charge is 2.30. The molecule has 0 radical (unpaired) electrons. The molecule has 0 N–H and O–H groups in total. The topological polar surface area (TPSA) is 63.7 Å². The summed E-state index contributed by atoms with van der Waals surface area (Å²) >= 11 is 3.39. The molecule has 1 aromatic rings. The lowest BCUT2D eigenvalue weighted by Gasteiger charge is -2.20. The molecule has 0 saturated heterocycles. The highest BCUT2D eigenvalue weighted by Crippen LogP contribution is 2.34. The van der Waals surface area contributed by atoms with Crippen LogP contribution >= 0.6 is 45.9 Å². The van der Waals surface area contributed by atoms with Crippen LogP contribution in [0.2, 0.25) is 0 Å². The van der Waals surface area contributed by atoms with E-state index in [-0.39, 0.29) is 5.75 Å². The number of carbonyl (C=O) groups excluding carboxylic acids is 1. The molecule has 8 heteroatoms. The summed E-state index contributed by atoms with van der Waals surface area (Å²) in [6.45, 7) is 10.2. The van der Waals surface area contributed by atoms with Gasteiger partial charge in [-0.2, -0.15) is 2.52 Å². The Balaban J connectivity index is 3.39. The second-order valence-electron chi connectivity index (χ2n) is 8.56. The van der Waals surface area contributed by atoms with E-state index < -0.39 is 15.9 Å². The molecule has 1 amide bonds. The molecule has 0 saturated carbocycles. The molecule has 0 fully saturated rings. The monoisotopic (exact) mass is 713 g/mol. The summed E-state index contributed by atoms with van der Waals surface area (Å²) in [6, 6.07) is 3.95. The molecule has 0 spiro atoms. The quantitative estimate of drug-likeness (QED) is 0.0847. The van der Waals surface area contributed by atoms with E-state index in [0.29, 0.717) is 24.2 Å². The Morgan fingerprint density at radius 2 is 1.79 bits per heavy atom. The average Bonchev–Trinajstić information content (AvgIpc) is 2.80. The van der Waals surface area contributed by atoms with E-state index in [1.807, 2.05) is 12.1 Å². The lowest BCUT2D eigenvalue weighted by molar-refractivity contribution is 0.0936. The highest BCUT2D eigenvalue weighted by atomic mass is 127. The van der Waals surface area contributed by atoms with E-state index in [9.17, 15) is 13.2 Å². The number of nitrogens with zero attached hydrogens (tertiary/aromatic N) is 1. The average molecular weight is 713 g/mol. The fraction of sp³-hybridized carbons (Fsp3) is 0.500. The number of hydrogen-bond acceptors (Lipinski definition) is 4. The maximum absolute atomic E-state index is 13.5. The fourth-order valence-electron chi connectivity index (χ4n) is 3.40. The van der Waals surface area contributed by atoms with E-state index in [2.05, 4.69) is 39.8 Å². The van der Waals surface area contributed by atoms with Crippen LogP contribution in [0.5, 0.6) is 5.75 Å². The second-order valence-corrected chi connectivity index (χ2v) is 12.5. The second kappa shape index (κ2) is 16.0. The predicted octanol–water partition coefficient (Wildman–Crippen LogP) is 8.08. The molecule has 5 nitrogen and oxygen atoms in total. The van der Waals surface area contributed by atoms with Gasteiger partial charge >= 0.3 is 0 Å². The van der Waals surface area contributed by atoms with Gasteiger partial charge in [-0.15, -0.1) is 0 Å². The first-order chi connectivity index (χ1) is 16.1. The fourth-order valence-corrected chi connectivity index (χ4v) is 5.53. The zero-order valence-electron chi connectivity index (χ0n) is 20.9. The van der Waals surface area contributed by atoms with Crippen LogP contribution < -0.4 is 3.07 Å². The number of halogens is 2. The minimum absolute atomic E-state index is 0.225. The summed E-state index contributed by atoms with van der Waals surface area (Å²) in [5.41, 5.74) is 4.61. The minimum atomic E-state index is -3.78. The van der Waals surface area contributed by atoms with Crippen molar-refractivity contribution in [2.45, 2.75) is 79.6 Å². The third kappa shape index (κ3) is 10.0. The third-order valence-electron chi connectivity index (χ3n) is 5.37. The molecule has 0 heterocycles. The molecule has 34 heavy (non-hydrogen) atoms. The maximum Gasteiger partial charge on any atom is 0.280 e. The molecular weight excluding hydrogens is 676 g/mol. The molecule has 0 aromatic heterocycles. The molecule has 190 valence electrons. The minimum Gasteiger partial charge on any atom is -0.427 e. The van der Waals surface area contributed by atoms with Gasteiger partial charge in [-0.1, -0.05) is 67.3 Å². The summed E-state index contributed by atoms with van der Waals surface area (Å²) in [4.78, 5) is 13.5. The van der Waals surface area contributed by atoms with E-state index in [1.165, 1.54) is 17.2 Å².